The van der Waals surface area contributed by atoms with Crippen LogP contribution in [-0.2, 0) is 22.3 Å². The molecule has 4 rings (SSSR count). The van der Waals surface area contributed by atoms with Crippen molar-refractivity contribution in [3.63, 3.8) is 0 Å². The molecule has 0 N–H and O–H groups in total. The first-order valence-corrected chi connectivity index (χ1v) is 11.9. The maximum Gasteiger partial charge on any atom is 0.422 e. The normalized spacial score (nSPS) is 18.2. The molecule has 0 atom stereocenters. The number of ether oxygens (including phenoxy) is 3. The molecule has 3 aromatic carbocycles. The largest absolute Gasteiger partial charge is 0.478 e. The van der Waals surface area contributed by atoms with E-state index in [2.05, 4.69) is 11.3 Å². The molecular formula is C28H26F6O3. The summed E-state index contributed by atoms with van der Waals surface area (Å²) in [6.45, 7) is 3.06. The fourth-order valence-corrected chi connectivity index (χ4v) is 4.28. The summed E-state index contributed by atoms with van der Waals surface area (Å²) in [5.41, 5.74) is 1.29. The zero-order chi connectivity index (χ0) is 26.6. The second kappa shape index (κ2) is 11.6. The second-order valence-corrected chi connectivity index (χ2v) is 9.04. The van der Waals surface area contributed by atoms with Gasteiger partial charge < -0.3 is 14.2 Å². The van der Waals surface area contributed by atoms with E-state index >= 15 is 4.39 Å². The van der Waals surface area contributed by atoms with Gasteiger partial charge in [0.15, 0.2) is 30.3 Å². The minimum atomic E-state index is -4.73. The topological polar surface area (TPSA) is 27.7 Å². The second-order valence-electron chi connectivity index (χ2n) is 9.04. The van der Waals surface area contributed by atoms with Crippen molar-refractivity contribution in [3.05, 3.63) is 89.3 Å². The van der Waals surface area contributed by atoms with Crippen molar-refractivity contribution in [1.29, 1.82) is 0 Å². The first kappa shape index (κ1) is 27.0. The van der Waals surface area contributed by atoms with E-state index in [9.17, 15) is 22.0 Å². The van der Waals surface area contributed by atoms with Crippen LogP contribution in [0.4, 0.5) is 26.3 Å². The number of hydrogen-bond donors (Lipinski definition) is 0. The molecule has 1 fully saturated rings. The first-order valence-electron chi connectivity index (χ1n) is 11.9. The van der Waals surface area contributed by atoms with Gasteiger partial charge in [-0.05, 0) is 60.4 Å². The first-order chi connectivity index (χ1) is 17.6. The van der Waals surface area contributed by atoms with E-state index in [1.165, 1.54) is 0 Å². The number of rotatable bonds is 9. The standard InChI is InChI=1S/C28H26F6O3/c1-2-3-4-18-14-35-27(36-15-18)21-9-10-22-20(13-21)8-7-19(25(22)31)6-5-17-11-23(29)26(24(30)12-17)37-16-28(32,33)34/h2,7-13,18,27H,1,3-6,14-16H2. The average molecular weight is 525 g/mol. The number of aryl methyl sites for hydroxylation is 2. The molecule has 0 saturated carbocycles. The van der Waals surface area contributed by atoms with Crippen LogP contribution in [0, 0.1) is 23.4 Å². The van der Waals surface area contributed by atoms with Crippen LogP contribution in [0.3, 0.4) is 0 Å². The van der Waals surface area contributed by atoms with E-state index in [4.69, 9.17) is 9.47 Å². The monoisotopic (exact) mass is 524 g/mol. The Morgan fingerprint density at radius 1 is 0.946 bits per heavy atom. The van der Waals surface area contributed by atoms with Gasteiger partial charge in [0.25, 0.3) is 0 Å². The number of fused-ring (bicyclic) bond motifs is 1. The Balaban J connectivity index is 1.42. The van der Waals surface area contributed by atoms with Gasteiger partial charge in [0.2, 0.25) is 0 Å². The molecule has 1 aliphatic heterocycles. The van der Waals surface area contributed by atoms with Gasteiger partial charge in [0.05, 0.1) is 13.2 Å². The van der Waals surface area contributed by atoms with Gasteiger partial charge in [-0.15, -0.1) is 6.58 Å². The summed E-state index contributed by atoms with van der Waals surface area (Å²) in [7, 11) is 0. The van der Waals surface area contributed by atoms with Crippen LogP contribution in [0.25, 0.3) is 10.8 Å². The molecule has 0 amide bonds. The van der Waals surface area contributed by atoms with Crippen LogP contribution < -0.4 is 4.74 Å². The average Bonchev–Trinajstić information content (AvgIpc) is 2.86. The summed E-state index contributed by atoms with van der Waals surface area (Å²) >= 11 is 0. The van der Waals surface area contributed by atoms with Crippen molar-refractivity contribution in [2.24, 2.45) is 5.92 Å². The van der Waals surface area contributed by atoms with Crippen LogP contribution in [0.1, 0.15) is 35.8 Å². The fraction of sp³-hybridized carbons (Fsp3) is 0.357. The minimum Gasteiger partial charge on any atom is -0.478 e. The van der Waals surface area contributed by atoms with Gasteiger partial charge in [-0.3, -0.25) is 0 Å². The van der Waals surface area contributed by atoms with E-state index in [-0.39, 0.29) is 18.4 Å². The molecule has 0 aromatic heterocycles. The van der Waals surface area contributed by atoms with E-state index < -0.39 is 42.3 Å². The van der Waals surface area contributed by atoms with Crippen LogP contribution in [0.15, 0.2) is 55.1 Å². The Kier molecular flexibility index (Phi) is 8.44. The predicted octanol–water partition coefficient (Wildman–Crippen LogP) is 7.61. The highest BCUT2D eigenvalue weighted by atomic mass is 19.4. The third kappa shape index (κ3) is 6.84. The Morgan fingerprint density at radius 3 is 2.30 bits per heavy atom. The summed E-state index contributed by atoms with van der Waals surface area (Å²) in [5, 5.41) is 1.04. The van der Waals surface area contributed by atoms with Crippen molar-refractivity contribution < 1.29 is 40.6 Å². The van der Waals surface area contributed by atoms with Crippen molar-refractivity contribution in [2.75, 3.05) is 19.8 Å². The molecule has 0 unspecified atom stereocenters. The molecule has 0 spiro atoms. The van der Waals surface area contributed by atoms with Crippen molar-refractivity contribution in [1.82, 2.24) is 0 Å². The SMILES string of the molecule is C=CCCC1COC(c2ccc3c(F)c(CCc4cc(F)c(OCC(F)(F)F)c(F)c4)ccc3c2)OC1. The Labute approximate surface area is 210 Å². The fourth-order valence-electron chi connectivity index (χ4n) is 4.28. The van der Waals surface area contributed by atoms with Crippen LogP contribution in [0.5, 0.6) is 5.75 Å². The lowest BCUT2D eigenvalue weighted by atomic mass is 9.98. The highest BCUT2D eigenvalue weighted by molar-refractivity contribution is 5.84. The Morgan fingerprint density at radius 2 is 1.65 bits per heavy atom. The molecule has 9 heteroatoms. The molecule has 1 heterocycles. The van der Waals surface area contributed by atoms with Gasteiger partial charge in [-0.25, -0.2) is 13.2 Å². The summed E-state index contributed by atoms with van der Waals surface area (Å²) in [5.74, 6) is -3.73. The lowest BCUT2D eigenvalue weighted by molar-refractivity contribution is -0.205. The Bertz CT molecular complexity index is 1230. The number of alkyl halides is 3. The predicted molar refractivity (Wildman–Crippen MR) is 127 cm³/mol. The zero-order valence-electron chi connectivity index (χ0n) is 19.9. The molecule has 3 nitrogen and oxygen atoms in total. The number of hydrogen-bond acceptors (Lipinski definition) is 3. The Hall–Kier alpha value is -3.04. The summed E-state index contributed by atoms with van der Waals surface area (Å²) in [6, 6.07) is 10.3. The lowest BCUT2D eigenvalue weighted by Gasteiger charge is -2.29. The van der Waals surface area contributed by atoms with E-state index in [1.807, 2.05) is 6.08 Å². The minimum absolute atomic E-state index is 0.0741. The molecule has 37 heavy (non-hydrogen) atoms. The molecule has 0 radical (unpaired) electrons. The van der Waals surface area contributed by atoms with Crippen LogP contribution in [0.2, 0.25) is 0 Å². The molecule has 0 aliphatic carbocycles. The van der Waals surface area contributed by atoms with Crippen molar-refractivity contribution in [3.8, 4) is 5.75 Å². The third-order valence-corrected chi connectivity index (χ3v) is 6.20. The zero-order valence-corrected chi connectivity index (χ0v) is 19.9. The van der Waals surface area contributed by atoms with E-state index in [0.717, 1.165) is 30.5 Å². The maximum atomic E-state index is 15.2. The maximum absolute atomic E-state index is 15.2. The molecule has 3 aromatic rings. The van der Waals surface area contributed by atoms with Gasteiger partial charge in [-0.2, -0.15) is 13.2 Å². The third-order valence-electron chi connectivity index (χ3n) is 6.20. The summed E-state index contributed by atoms with van der Waals surface area (Å²) in [4.78, 5) is 0. The number of benzene rings is 3. The summed E-state index contributed by atoms with van der Waals surface area (Å²) < 4.78 is 96.3. The van der Waals surface area contributed by atoms with Gasteiger partial charge >= 0.3 is 6.18 Å². The molecule has 0 bridgehead atoms. The lowest BCUT2D eigenvalue weighted by Crippen LogP contribution is -2.27. The van der Waals surface area contributed by atoms with Gasteiger partial charge in [-0.1, -0.05) is 30.3 Å². The summed E-state index contributed by atoms with van der Waals surface area (Å²) in [6.07, 6.45) is -1.35. The number of allylic oxidation sites excluding steroid dienone is 1. The van der Waals surface area contributed by atoms with Crippen LogP contribution in [-0.4, -0.2) is 26.0 Å². The van der Waals surface area contributed by atoms with Gasteiger partial charge in [0.1, 0.15) is 5.82 Å². The van der Waals surface area contributed by atoms with E-state index in [0.29, 0.717) is 35.5 Å². The quantitative estimate of drug-likeness (QED) is 0.213. The van der Waals surface area contributed by atoms with Gasteiger partial charge in [0, 0.05) is 16.9 Å². The highest BCUT2D eigenvalue weighted by Gasteiger charge is 2.30. The molecule has 1 saturated heterocycles. The van der Waals surface area contributed by atoms with Crippen LogP contribution >= 0.6 is 0 Å². The van der Waals surface area contributed by atoms with Crippen molar-refractivity contribution >= 4 is 10.8 Å². The number of halogens is 6. The molecule has 1 aliphatic rings. The van der Waals surface area contributed by atoms with E-state index in [1.54, 1.807) is 30.3 Å². The van der Waals surface area contributed by atoms with Crippen molar-refractivity contribution in [2.45, 2.75) is 38.1 Å². The molecular weight excluding hydrogens is 498 g/mol. The smallest absolute Gasteiger partial charge is 0.422 e. The highest BCUT2D eigenvalue weighted by Crippen LogP contribution is 2.31. The molecule has 198 valence electrons.